The van der Waals surface area contributed by atoms with Gasteiger partial charge in [-0.1, -0.05) is 6.07 Å². The molecule has 0 saturated heterocycles. The summed E-state index contributed by atoms with van der Waals surface area (Å²) < 4.78 is 16.7. The van der Waals surface area contributed by atoms with Crippen LogP contribution >= 0.6 is 0 Å². The van der Waals surface area contributed by atoms with Crippen molar-refractivity contribution in [1.82, 2.24) is 5.32 Å². The fourth-order valence-electron chi connectivity index (χ4n) is 2.18. The first-order valence-corrected chi connectivity index (χ1v) is 6.36. The summed E-state index contributed by atoms with van der Waals surface area (Å²) in [4.78, 5) is 0. The van der Waals surface area contributed by atoms with Crippen LogP contribution in [0.4, 0.5) is 0 Å². The molecule has 0 aliphatic carbocycles. The molecule has 0 amide bonds. The van der Waals surface area contributed by atoms with Crippen LogP contribution in [0.15, 0.2) is 18.2 Å². The Balaban J connectivity index is 2.26. The number of rotatable bonds is 4. The summed E-state index contributed by atoms with van der Waals surface area (Å²) in [5.74, 6) is 1.66. The normalized spacial score (nSPS) is 17.9. The largest absolute Gasteiger partial charge is 0.490 e. The van der Waals surface area contributed by atoms with E-state index in [4.69, 9.17) is 14.2 Å². The molecule has 1 heterocycles. The third kappa shape index (κ3) is 2.76. The average Bonchev–Trinajstić information content (AvgIpc) is 2.64. The minimum absolute atomic E-state index is 0.0970. The Kier molecular flexibility index (Phi) is 4.44. The van der Waals surface area contributed by atoms with E-state index in [1.54, 1.807) is 7.11 Å². The van der Waals surface area contributed by atoms with Crippen LogP contribution in [0.5, 0.6) is 11.5 Å². The summed E-state index contributed by atoms with van der Waals surface area (Å²) in [5, 5.41) is 3.27. The number of ether oxygens (including phenoxy) is 3. The van der Waals surface area contributed by atoms with E-state index in [9.17, 15) is 0 Å². The number of likely N-dealkylation sites (N-methyl/N-ethyl adjacent to an activating group) is 1. The molecule has 1 aromatic rings. The van der Waals surface area contributed by atoms with E-state index in [0.29, 0.717) is 6.61 Å². The van der Waals surface area contributed by atoms with E-state index in [0.717, 1.165) is 30.1 Å². The number of hydrogen-bond donors (Lipinski definition) is 1. The van der Waals surface area contributed by atoms with Crippen molar-refractivity contribution in [2.75, 3.05) is 27.4 Å². The summed E-state index contributed by atoms with van der Waals surface area (Å²) >= 11 is 0. The van der Waals surface area contributed by atoms with Crippen molar-refractivity contribution in [1.29, 1.82) is 0 Å². The zero-order valence-corrected chi connectivity index (χ0v) is 11.2. The average molecular weight is 251 g/mol. The molecule has 4 heteroatoms. The lowest BCUT2D eigenvalue weighted by Gasteiger charge is -2.23. The van der Waals surface area contributed by atoms with Gasteiger partial charge in [0.05, 0.1) is 25.4 Å². The summed E-state index contributed by atoms with van der Waals surface area (Å²) in [6, 6.07) is 6.22. The third-order valence-electron chi connectivity index (χ3n) is 3.28. The molecule has 1 aliphatic rings. The Morgan fingerprint density at radius 2 is 1.94 bits per heavy atom. The zero-order chi connectivity index (χ0) is 13.0. The van der Waals surface area contributed by atoms with Crippen LogP contribution in [-0.4, -0.2) is 33.5 Å². The zero-order valence-electron chi connectivity index (χ0n) is 11.2. The molecule has 0 radical (unpaired) electrons. The van der Waals surface area contributed by atoms with E-state index in [-0.39, 0.29) is 12.1 Å². The molecule has 2 rings (SSSR count). The lowest BCUT2D eigenvalue weighted by molar-refractivity contribution is 0.0856. The fourth-order valence-corrected chi connectivity index (χ4v) is 2.18. The first kappa shape index (κ1) is 13.2. The first-order chi connectivity index (χ1) is 8.76. The first-order valence-electron chi connectivity index (χ1n) is 6.36. The highest BCUT2D eigenvalue weighted by Gasteiger charge is 2.19. The van der Waals surface area contributed by atoms with Crippen LogP contribution in [0.3, 0.4) is 0 Å². The van der Waals surface area contributed by atoms with Crippen LogP contribution in [0.1, 0.15) is 24.9 Å². The van der Waals surface area contributed by atoms with Gasteiger partial charge in [0.1, 0.15) is 0 Å². The van der Waals surface area contributed by atoms with Gasteiger partial charge in [0.25, 0.3) is 0 Å². The maximum atomic E-state index is 5.70. The molecule has 0 spiro atoms. The van der Waals surface area contributed by atoms with E-state index < -0.39 is 0 Å². The van der Waals surface area contributed by atoms with Gasteiger partial charge in [-0.15, -0.1) is 0 Å². The minimum atomic E-state index is 0.0970. The summed E-state index contributed by atoms with van der Waals surface area (Å²) in [6.45, 7) is 3.47. The Morgan fingerprint density at radius 1 is 1.22 bits per heavy atom. The van der Waals surface area contributed by atoms with Gasteiger partial charge in [-0.05, 0) is 31.7 Å². The number of nitrogens with one attached hydrogen (secondary N) is 1. The molecule has 0 fully saturated rings. The molecular weight excluding hydrogens is 230 g/mol. The molecule has 4 nitrogen and oxygen atoms in total. The Bertz CT molecular complexity index is 395. The van der Waals surface area contributed by atoms with Gasteiger partial charge in [-0.3, -0.25) is 0 Å². The van der Waals surface area contributed by atoms with Gasteiger partial charge < -0.3 is 19.5 Å². The predicted molar refractivity (Wildman–Crippen MR) is 70.3 cm³/mol. The van der Waals surface area contributed by atoms with Crippen LogP contribution < -0.4 is 14.8 Å². The van der Waals surface area contributed by atoms with Crippen molar-refractivity contribution in [2.45, 2.75) is 25.5 Å². The second-order valence-electron chi connectivity index (χ2n) is 4.46. The van der Waals surface area contributed by atoms with Crippen LogP contribution in [0, 0.1) is 0 Å². The smallest absolute Gasteiger partial charge is 0.161 e. The van der Waals surface area contributed by atoms with Gasteiger partial charge in [0, 0.05) is 13.5 Å². The molecule has 0 saturated carbocycles. The summed E-state index contributed by atoms with van der Waals surface area (Å²) in [7, 11) is 3.65. The predicted octanol–water partition coefficient (Wildman–Crippen LogP) is 2.14. The van der Waals surface area contributed by atoms with Gasteiger partial charge in [0.15, 0.2) is 11.5 Å². The van der Waals surface area contributed by atoms with Crippen molar-refractivity contribution in [3.63, 3.8) is 0 Å². The SMILES string of the molecule is CNC(c1ccc2c(c1)OCCCO2)C(C)OC. The van der Waals surface area contributed by atoms with Gasteiger partial charge >= 0.3 is 0 Å². The van der Waals surface area contributed by atoms with Gasteiger partial charge in [-0.25, -0.2) is 0 Å². The van der Waals surface area contributed by atoms with Crippen LogP contribution in [0.2, 0.25) is 0 Å². The van der Waals surface area contributed by atoms with Crippen molar-refractivity contribution < 1.29 is 14.2 Å². The fraction of sp³-hybridized carbons (Fsp3) is 0.571. The second-order valence-corrected chi connectivity index (χ2v) is 4.46. The Labute approximate surface area is 108 Å². The molecule has 1 N–H and O–H groups in total. The number of methoxy groups -OCH3 is 1. The van der Waals surface area contributed by atoms with Gasteiger partial charge in [0.2, 0.25) is 0 Å². The molecule has 1 aromatic carbocycles. The lowest BCUT2D eigenvalue weighted by atomic mass is 10.0. The monoisotopic (exact) mass is 251 g/mol. The molecule has 2 unspecified atom stereocenters. The van der Waals surface area contributed by atoms with E-state index >= 15 is 0 Å². The third-order valence-corrected chi connectivity index (χ3v) is 3.28. The highest BCUT2D eigenvalue weighted by molar-refractivity contribution is 5.44. The number of hydrogen-bond acceptors (Lipinski definition) is 4. The number of fused-ring (bicyclic) bond motifs is 1. The number of benzene rings is 1. The summed E-state index contributed by atoms with van der Waals surface area (Å²) in [5.41, 5.74) is 1.15. The molecule has 0 bridgehead atoms. The highest BCUT2D eigenvalue weighted by Crippen LogP contribution is 2.33. The van der Waals surface area contributed by atoms with Crippen molar-refractivity contribution >= 4 is 0 Å². The maximum Gasteiger partial charge on any atom is 0.161 e. The minimum Gasteiger partial charge on any atom is -0.490 e. The topological polar surface area (TPSA) is 39.7 Å². The standard InChI is InChI=1S/C14H21NO3/c1-10(16-3)14(15-2)11-5-6-12-13(9-11)18-8-4-7-17-12/h5-6,9-10,14-15H,4,7-8H2,1-3H3. The molecule has 1 aliphatic heterocycles. The lowest BCUT2D eigenvalue weighted by Crippen LogP contribution is -2.28. The molecular formula is C14H21NO3. The maximum absolute atomic E-state index is 5.70. The Hall–Kier alpha value is -1.26. The molecule has 100 valence electrons. The van der Waals surface area contributed by atoms with Crippen molar-refractivity contribution in [2.24, 2.45) is 0 Å². The molecule has 2 atom stereocenters. The Morgan fingerprint density at radius 3 is 2.61 bits per heavy atom. The quantitative estimate of drug-likeness (QED) is 0.890. The van der Waals surface area contributed by atoms with Crippen molar-refractivity contribution in [3.8, 4) is 11.5 Å². The van der Waals surface area contributed by atoms with E-state index in [1.165, 1.54) is 0 Å². The highest BCUT2D eigenvalue weighted by atomic mass is 16.5. The summed E-state index contributed by atoms with van der Waals surface area (Å²) in [6.07, 6.45) is 1.02. The van der Waals surface area contributed by atoms with Crippen LogP contribution in [0.25, 0.3) is 0 Å². The molecule has 18 heavy (non-hydrogen) atoms. The van der Waals surface area contributed by atoms with Gasteiger partial charge in [-0.2, -0.15) is 0 Å². The van der Waals surface area contributed by atoms with E-state index in [2.05, 4.69) is 11.4 Å². The second kappa shape index (κ2) is 6.07. The van der Waals surface area contributed by atoms with E-state index in [1.807, 2.05) is 26.1 Å². The molecule has 0 aromatic heterocycles. The van der Waals surface area contributed by atoms with Crippen LogP contribution in [-0.2, 0) is 4.74 Å². The van der Waals surface area contributed by atoms with Crippen molar-refractivity contribution in [3.05, 3.63) is 23.8 Å².